The smallest absolute Gasteiger partial charge is 0.268 e. The van der Waals surface area contributed by atoms with Crippen LogP contribution in [0, 0.1) is 17.3 Å². The Bertz CT molecular complexity index is 1360. The number of rotatable bonds is 11. The van der Waals surface area contributed by atoms with Crippen LogP contribution < -0.4 is 21.3 Å². The topological polar surface area (TPSA) is 149 Å². The van der Waals surface area contributed by atoms with Gasteiger partial charge in [-0.1, -0.05) is 76.1 Å². The van der Waals surface area contributed by atoms with Crippen molar-refractivity contribution in [3.05, 3.63) is 33.9 Å². The molecule has 2 heterocycles. The number of aldehydes is 1. The van der Waals surface area contributed by atoms with Crippen molar-refractivity contribution in [1.82, 2.24) is 26.3 Å². The Kier molecular flexibility index (Phi) is 10.8. The molecule has 1 aliphatic heterocycles. The Balaban J connectivity index is 1.50. The van der Waals surface area contributed by atoms with Crippen LogP contribution in [-0.4, -0.2) is 59.6 Å². The number of hydrogen-bond acceptors (Lipinski definition) is 5. The fraction of sp³-hybridized carbons (Fsp3) is 0.581. The van der Waals surface area contributed by atoms with Crippen LogP contribution in [0.1, 0.15) is 82.6 Å². The average molecular weight is 635 g/mol. The van der Waals surface area contributed by atoms with Gasteiger partial charge in [0.25, 0.3) is 5.91 Å². The number of carbonyl (C=O) groups excluding carboxylic acids is 5. The highest BCUT2D eigenvalue weighted by Gasteiger charge is 2.37. The van der Waals surface area contributed by atoms with Crippen LogP contribution in [0.25, 0.3) is 10.9 Å². The Labute approximate surface area is 261 Å². The Morgan fingerprint density at radius 2 is 1.70 bits per heavy atom. The third kappa shape index (κ3) is 8.50. The van der Waals surface area contributed by atoms with Crippen LogP contribution in [0.4, 0.5) is 0 Å². The highest BCUT2D eigenvalue weighted by molar-refractivity contribution is 6.38. The predicted octanol–water partition coefficient (Wildman–Crippen LogP) is 4.28. The lowest BCUT2D eigenvalue weighted by molar-refractivity contribution is -0.132. The maximum atomic E-state index is 13.8. The molecule has 0 spiro atoms. The minimum absolute atomic E-state index is 0.128. The van der Waals surface area contributed by atoms with Gasteiger partial charge in [-0.25, -0.2) is 0 Å². The lowest BCUT2D eigenvalue weighted by Gasteiger charge is -2.33. The zero-order valence-electron chi connectivity index (χ0n) is 24.9. The first kappa shape index (κ1) is 32.8. The van der Waals surface area contributed by atoms with Gasteiger partial charge in [0.1, 0.15) is 24.1 Å². The summed E-state index contributed by atoms with van der Waals surface area (Å²) in [5.41, 5.74) is 0.0886. The van der Waals surface area contributed by atoms with Gasteiger partial charge >= 0.3 is 0 Å². The summed E-state index contributed by atoms with van der Waals surface area (Å²) in [6, 6.07) is 2.09. The molecule has 0 unspecified atom stereocenters. The first-order valence-electron chi connectivity index (χ1n) is 15.0. The molecule has 2 aliphatic rings. The van der Waals surface area contributed by atoms with E-state index in [9.17, 15) is 24.0 Å². The van der Waals surface area contributed by atoms with Gasteiger partial charge in [0.05, 0.1) is 11.1 Å². The highest BCUT2D eigenvalue weighted by Crippen LogP contribution is 2.30. The van der Waals surface area contributed by atoms with E-state index in [0.29, 0.717) is 46.6 Å². The lowest BCUT2D eigenvalue weighted by atomic mass is 9.83. The van der Waals surface area contributed by atoms with Crippen molar-refractivity contribution in [2.24, 2.45) is 17.3 Å². The molecule has 5 N–H and O–H groups in total. The summed E-state index contributed by atoms with van der Waals surface area (Å²) in [7, 11) is 0. The Morgan fingerprint density at radius 1 is 0.977 bits per heavy atom. The van der Waals surface area contributed by atoms with Crippen molar-refractivity contribution in [3.8, 4) is 0 Å². The summed E-state index contributed by atoms with van der Waals surface area (Å²) in [6.45, 7) is 6.02. The highest BCUT2D eigenvalue weighted by atomic mass is 35.5. The molecule has 2 fully saturated rings. The summed E-state index contributed by atoms with van der Waals surface area (Å²) < 4.78 is 0. The molecule has 234 valence electrons. The molecule has 2 aromatic rings. The van der Waals surface area contributed by atoms with Crippen LogP contribution in [0.3, 0.4) is 0 Å². The molecular formula is C31H41Cl2N5O5. The maximum Gasteiger partial charge on any atom is 0.268 e. The lowest BCUT2D eigenvalue weighted by Crippen LogP contribution is -2.59. The van der Waals surface area contributed by atoms with Crippen molar-refractivity contribution < 1.29 is 24.0 Å². The Hall–Kier alpha value is -3.11. The number of benzene rings is 1. The first-order valence-corrected chi connectivity index (χ1v) is 15.7. The monoisotopic (exact) mass is 633 g/mol. The van der Waals surface area contributed by atoms with Crippen molar-refractivity contribution in [3.63, 3.8) is 0 Å². The summed E-state index contributed by atoms with van der Waals surface area (Å²) in [5.74, 6) is -1.73. The Morgan fingerprint density at radius 3 is 2.33 bits per heavy atom. The van der Waals surface area contributed by atoms with E-state index in [2.05, 4.69) is 26.3 Å². The van der Waals surface area contributed by atoms with Crippen LogP contribution >= 0.6 is 23.2 Å². The van der Waals surface area contributed by atoms with E-state index >= 15 is 0 Å². The second kappa shape index (κ2) is 14.1. The van der Waals surface area contributed by atoms with Crippen LogP contribution in [0.2, 0.25) is 10.0 Å². The number of nitrogens with one attached hydrogen (secondary N) is 5. The molecule has 1 saturated carbocycles. The molecule has 4 atom stereocenters. The second-order valence-corrected chi connectivity index (χ2v) is 13.7. The van der Waals surface area contributed by atoms with Gasteiger partial charge in [-0.15, -0.1) is 0 Å². The van der Waals surface area contributed by atoms with Gasteiger partial charge in [-0.3, -0.25) is 19.2 Å². The third-order valence-corrected chi connectivity index (χ3v) is 8.95. The van der Waals surface area contributed by atoms with Gasteiger partial charge < -0.3 is 31.0 Å². The van der Waals surface area contributed by atoms with Crippen LogP contribution in [0.5, 0.6) is 0 Å². The van der Waals surface area contributed by atoms with Crippen molar-refractivity contribution in [1.29, 1.82) is 0 Å². The summed E-state index contributed by atoms with van der Waals surface area (Å²) in [4.78, 5) is 67.6. The van der Waals surface area contributed by atoms with E-state index in [1.807, 2.05) is 20.8 Å². The summed E-state index contributed by atoms with van der Waals surface area (Å²) >= 11 is 12.4. The number of amides is 4. The van der Waals surface area contributed by atoms with E-state index in [1.54, 1.807) is 18.2 Å². The van der Waals surface area contributed by atoms with E-state index in [0.717, 1.165) is 32.1 Å². The van der Waals surface area contributed by atoms with Gasteiger partial charge in [-0.2, -0.15) is 0 Å². The molecule has 0 bridgehead atoms. The summed E-state index contributed by atoms with van der Waals surface area (Å²) in [6.07, 6.45) is 7.01. The molecule has 1 saturated heterocycles. The van der Waals surface area contributed by atoms with E-state index < -0.39 is 41.3 Å². The molecule has 4 amide bonds. The zero-order chi connectivity index (χ0) is 31.3. The molecule has 1 aromatic carbocycles. The van der Waals surface area contributed by atoms with Gasteiger partial charge in [-0.05, 0) is 48.8 Å². The zero-order valence-corrected chi connectivity index (χ0v) is 26.4. The molecule has 1 aromatic heterocycles. The van der Waals surface area contributed by atoms with Crippen molar-refractivity contribution in [2.45, 2.75) is 90.3 Å². The van der Waals surface area contributed by atoms with Crippen molar-refractivity contribution >= 4 is 64.0 Å². The molecule has 10 nitrogen and oxygen atoms in total. The fourth-order valence-corrected chi connectivity index (χ4v) is 6.57. The molecule has 12 heteroatoms. The normalized spacial score (nSPS) is 19.7. The predicted molar refractivity (Wildman–Crippen MR) is 166 cm³/mol. The number of hydrogen-bond donors (Lipinski definition) is 5. The summed E-state index contributed by atoms with van der Waals surface area (Å²) in [5, 5.41) is 12.7. The van der Waals surface area contributed by atoms with Gasteiger partial charge in [0.2, 0.25) is 17.7 Å². The van der Waals surface area contributed by atoms with Gasteiger partial charge in [0.15, 0.2) is 0 Å². The molecule has 1 aliphatic carbocycles. The number of carbonyl (C=O) groups is 5. The van der Waals surface area contributed by atoms with Crippen LogP contribution in [-0.2, 0) is 19.2 Å². The second-order valence-electron chi connectivity index (χ2n) is 12.9. The minimum atomic E-state index is -0.990. The van der Waals surface area contributed by atoms with E-state index in [1.165, 1.54) is 0 Å². The number of halogens is 2. The number of aromatic amines is 1. The van der Waals surface area contributed by atoms with Crippen molar-refractivity contribution in [2.75, 3.05) is 6.54 Å². The first-order chi connectivity index (χ1) is 20.3. The van der Waals surface area contributed by atoms with Gasteiger partial charge in [0, 0.05) is 28.4 Å². The number of H-pyrrole nitrogens is 1. The quantitative estimate of drug-likeness (QED) is 0.234. The standard InChI is InChI=1S/C31H41Cl2N5O5/c1-31(2,3)26(38-29(42)25-15-21-22(33)13-19(32)14-23(21)36-25)30(43)37-24(11-17-7-5-4-6-8-17)28(41)35-20(16-39)12-18-9-10-34-27(18)40/h13-18,20,24,26,36H,4-12H2,1-3H3,(H,34,40)(H,35,41)(H,37,43)(H,38,42)/t18-,20-,24-,26+/m0/s1. The molecule has 4 rings (SSSR count). The minimum Gasteiger partial charge on any atom is -0.356 e. The average Bonchev–Trinajstić information content (AvgIpc) is 3.56. The van der Waals surface area contributed by atoms with E-state index in [4.69, 9.17) is 23.2 Å². The molecule has 0 radical (unpaired) electrons. The molecular weight excluding hydrogens is 593 g/mol. The SMILES string of the molecule is CC(C)(C)[C@H](NC(=O)c1cc2c(Cl)cc(Cl)cc2[nH]1)C(=O)N[C@@H](CC1CCCCC1)C(=O)N[C@H](C=O)C[C@@H]1CCNC1=O. The molecule has 43 heavy (non-hydrogen) atoms. The van der Waals surface area contributed by atoms with Crippen LogP contribution in [0.15, 0.2) is 18.2 Å². The number of aromatic nitrogens is 1. The maximum absolute atomic E-state index is 13.8. The largest absolute Gasteiger partial charge is 0.356 e. The third-order valence-electron chi connectivity index (χ3n) is 8.42. The van der Waals surface area contributed by atoms with E-state index in [-0.39, 0.29) is 29.9 Å². The number of fused-ring (bicyclic) bond motifs is 1. The fourth-order valence-electron chi connectivity index (χ4n) is 6.02.